The maximum absolute atomic E-state index is 11.9. The van der Waals surface area contributed by atoms with E-state index in [1.807, 2.05) is 6.92 Å². The molecule has 0 aromatic carbocycles. The van der Waals surface area contributed by atoms with Crippen LogP contribution in [0.3, 0.4) is 0 Å². The van der Waals surface area contributed by atoms with E-state index < -0.39 is 22.1 Å². The molecule has 0 aliphatic carbocycles. The van der Waals surface area contributed by atoms with Crippen LogP contribution in [-0.2, 0) is 21.2 Å². The van der Waals surface area contributed by atoms with Gasteiger partial charge in [-0.2, -0.15) is 0 Å². The van der Waals surface area contributed by atoms with Crippen LogP contribution in [0.5, 0.6) is 0 Å². The molecule has 0 radical (unpaired) electrons. The van der Waals surface area contributed by atoms with Gasteiger partial charge < -0.3 is 10.2 Å². The lowest BCUT2D eigenvalue weighted by Crippen LogP contribution is -2.31. The topological polar surface area (TPSA) is 104 Å². The molecule has 8 heteroatoms. The molecule has 1 rings (SSSR count). The van der Waals surface area contributed by atoms with Crippen LogP contribution in [0.15, 0.2) is 16.3 Å². The third-order valence-electron chi connectivity index (χ3n) is 2.36. The molecule has 0 saturated carbocycles. The SMILES string of the molecule is CCCC(O)CNS(=O)(=O)c1ccc(CC(=O)O)s1. The predicted octanol–water partition coefficient (Wildman–Crippen LogP) is 0.814. The molecule has 0 fully saturated rings. The zero-order valence-corrected chi connectivity index (χ0v) is 12.1. The first-order valence-corrected chi connectivity index (χ1v) is 8.13. The van der Waals surface area contributed by atoms with Gasteiger partial charge in [-0.25, -0.2) is 13.1 Å². The quantitative estimate of drug-likeness (QED) is 0.659. The average molecular weight is 307 g/mol. The predicted molar refractivity (Wildman–Crippen MR) is 71.8 cm³/mol. The van der Waals surface area contributed by atoms with Crippen molar-refractivity contribution in [2.75, 3.05) is 6.54 Å². The fourth-order valence-corrected chi connectivity index (χ4v) is 3.92. The summed E-state index contributed by atoms with van der Waals surface area (Å²) < 4.78 is 26.1. The van der Waals surface area contributed by atoms with E-state index in [9.17, 15) is 18.3 Å². The van der Waals surface area contributed by atoms with E-state index in [1.54, 1.807) is 0 Å². The van der Waals surface area contributed by atoms with E-state index in [0.717, 1.165) is 17.8 Å². The van der Waals surface area contributed by atoms with Gasteiger partial charge in [0, 0.05) is 11.4 Å². The molecule has 0 spiro atoms. The van der Waals surface area contributed by atoms with Crippen molar-refractivity contribution in [3.8, 4) is 0 Å². The standard InChI is InChI=1S/C11H17NO5S2/c1-2-3-8(13)7-12-19(16,17)11-5-4-9(18-11)6-10(14)15/h4-5,8,12-13H,2-3,6-7H2,1H3,(H,14,15). The maximum atomic E-state index is 11.9. The van der Waals surface area contributed by atoms with Crippen LogP contribution in [0.1, 0.15) is 24.6 Å². The Labute approximate surface area is 116 Å². The molecule has 1 atom stereocenters. The number of sulfonamides is 1. The molecule has 3 N–H and O–H groups in total. The van der Waals surface area contributed by atoms with Crippen LogP contribution in [0.2, 0.25) is 0 Å². The highest BCUT2D eigenvalue weighted by Gasteiger charge is 2.18. The Kier molecular flexibility index (Phi) is 5.92. The highest BCUT2D eigenvalue weighted by molar-refractivity contribution is 7.91. The molecule has 108 valence electrons. The summed E-state index contributed by atoms with van der Waals surface area (Å²) in [5.74, 6) is -1.00. The number of hydrogen-bond donors (Lipinski definition) is 3. The first kappa shape index (κ1) is 16.1. The van der Waals surface area contributed by atoms with Gasteiger partial charge in [-0.15, -0.1) is 11.3 Å². The Hall–Kier alpha value is -0.960. The van der Waals surface area contributed by atoms with Gasteiger partial charge in [-0.05, 0) is 18.6 Å². The van der Waals surface area contributed by atoms with Gasteiger partial charge in [0.25, 0.3) is 0 Å². The molecule has 0 aliphatic rings. The van der Waals surface area contributed by atoms with Crippen LogP contribution in [0.25, 0.3) is 0 Å². The van der Waals surface area contributed by atoms with Crippen molar-refractivity contribution in [2.45, 2.75) is 36.5 Å². The fourth-order valence-electron chi connectivity index (χ4n) is 1.46. The Bertz CT molecular complexity index is 523. The molecular formula is C11H17NO5S2. The molecular weight excluding hydrogens is 290 g/mol. The third-order valence-corrected chi connectivity index (χ3v) is 5.36. The van der Waals surface area contributed by atoms with E-state index in [0.29, 0.717) is 11.3 Å². The lowest BCUT2D eigenvalue weighted by atomic mass is 10.2. The lowest BCUT2D eigenvalue weighted by Gasteiger charge is -2.10. The normalized spacial score (nSPS) is 13.4. The number of thiophene rings is 1. The molecule has 1 heterocycles. The van der Waals surface area contributed by atoms with Crippen LogP contribution in [-0.4, -0.2) is 37.2 Å². The van der Waals surface area contributed by atoms with Crippen molar-refractivity contribution in [1.29, 1.82) is 0 Å². The van der Waals surface area contributed by atoms with Gasteiger partial charge >= 0.3 is 5.97 Å². The summed E-state index contributed by atoms with van der Waals surface area (Å²) in [6.07, 6.45) is 0.388. The molecule has 0 saturated heterocycles. The fraction of sp³-hybridized carbons (Fsp3) is 0.545. The smallest absolute Gasteiger partial charge is 0.308 e. The van der Waals surface area contributed by atoms with E-state index in [-0.39, 0.29) is 17.2 Å². The molecule has 19 heavy (non-hydrogen) atoms. The Balaban J connectivity index is 2.66. The van der Waals surface area contributed by atoms with Gasteiger partial charge in [0.05, 0.1) is 12.5 Å². The monoisotopic (exact) mass is 307 g/mol. The minimum absolute atomic E-state index is 0.0393. The van der Waals surface area contributed by atoms with Crippen molar-refractivity contribution in [3.05, 3.63) is 17.0 Å². The van der Waals surface area contributed by atoms with E-state index in [1.165, 1.54) is 12.1 Å². The van der Waals surface area contributed by atoms with E-state index in [4.69, 9.17) is 5.11 Å². The van der Waals surface area contributed by atoms with Crippen LogP contribution in [0, 0.1) is 0 Å². The Morgan fingerprint density at radius 1 is 1.47 bits per heavy atom. The highest BCUT2D eigenvalue weighted by atomic mass is 32.2. The summed E-state index contributed by atoms with van der Waals surface area (Å²) in [4.78, 5) is 11.0. The summed E-state index contributed by atoms with van der Waals surface area (Å²) >= 11 is 0.920. The first-order chi connectivity index (χ1) is 8.85. The van der Waals surface area contributed by atoms with Crippen molar-refractivity contribution in [3.63, 3.8) is 0 Å². The minimum Gasteiger partial charge on any atom is -0.481 e. The first-order valence-electron chi connectivity index (χ1n) is 5.83. The van der Waals surface area contributed by atoms with Crippen molar-refractivity contribution in [2.24, 2.45) is 0 Å². The highest BCUT2D eigenvalue weighted by Crippen LogP contribution is 2.21. The van der Waals surface area contributed by atoms with Crippen molar-refractivity contribution >= 4 is 27.3 Å². The number of aliphatic hydroxyl groups excluding tert-OH is 1. The van der Waals surface area contributed by atoms with Gasteiger partial charge in [-0.1, -0.05) is 13.3 Å². The van der Waals surface area contributed by atoms with Gasteiger partial charge in [0.2, 0.25) is 10.0 Å². The largest absolute Gasteiger partial charge is 0.481 e. The number of rotatable bonds is 8. The van der Waals surface area contributed by atoms with Gasteiger partial charge in [0.15, 0.2) is 0 Å². The van der Waals surface area contributed by atoms with E-state index >= 15 is 0 Å². The second-order valence-corrected chi connectivity index (χ2v) is 7.25. The molecule has 6 nitrogen and oxygen atoms in total. The van der Waals surface area contributed by atoms with Crippen molar-refractivity contribution in [1.82, 2.24) is 4.72 Å². The summed E-state index contributed by atoms with van der Waals surface area (Å²) in [6.45, 7) is 1.86. The Morgan fingerprint density at radius 2 is 2.16 bits per heavy atom. The maximum Gasteiger partial charge on any atom is 0.308 e. The number of carbonyl (C=O) groups is 1. The molecule has 1 unspecified atom stereocenters. The molecule has 0 bridgehead atoms. The summed E-state index contributed by atoms with van der Waals surface area (Å²) in [5, 5.41) is 18.1. The number of hydrogen-bond acceptors (Lipinski definition) is 5. The zero-order valence-electron chi connectivity index (χ0n) is 10.5. The summed E-state index contributed by atoms with van der Waals surface area (Å²) in [7, 11) is -3.67. The third kappa shape index (κ3) is 5.27. The lowest BCUT2D eigenvalue weighted by molar-refractivity contribution is -0.136. The molecule has 0 amide bonds. The minimum atomic E-state index is -3.67. The van der Waals surface area contributed by atoms with E-state index in [2.05, 4.69) is 4.72 Å². The zero-order chi connectivity index (χ0) is 14.5. The molecule has 1 aromatic heterocycles. The average Bonchev–Trinajstić information content (AvgIpc) is 2.75. The van der Waals surface area contributed by atoms with Crippen molar-refractivity contribution < 1.29 is 23.4 Å². The van der Waals surface area contributed by atoms with Gasteiger partial charge in [-0.3, -0.25) is 4.79 Å². The second-order valence-electron chi connectivity index (χ2n) is 4.09. The van der Waals surface area contributed by atoms with Crippen LogP contribution >= 0.6 is 11.3 Å². The number of carboxylic acids is 1. The molecule has 0 aliphatic heterocycles. The number of aliphatic carboxylic acids is 1. The summed E-state index contributed by atoms with van der Waals surface area (Å²) in [6, 6.07) is 2.85. The Morgan fingerprint density at radius 3 is 2.74 bits per heavy atom. The second kappa shape index (κ2) is 6.99. The molecule has 1 aromatic rings. The summed E-state index contributed by atoms with van der Waals surface area (Å²) in [5.41, 5.74) is 0. The number of carboxylic acid groups (broad SMARTS) is 1. The van der Waals surface area contributed by atoms with Crippen LogP contribution in [0.4, 0.5) is 0 Å². The van der Waals surface area contributed by atoms with Crippen LogP contribution < -0.4 is 4.72 Å². The number of aliphatic hydroxyl groups is 1. The van der Waals surface area contributed by atoms with Gasteiger partial charge in [0.1, 0.15) is 4.21 Å². The number of nitrogens with one attached hydrogen (secondary N) is 1.